The van der Waals surface area contributed by atoms with Gasteiger partial charge in [-0.3, -0.25) is 4.79 Å². The Morgan fingerprint density at radius 3 is 2.94 bits per heavy atom. The fourth-order valence-electron chi connectivity index (χ4n) is 1.58. The highest BCUT2D eigenvalue weighted by molar-refractivity contribution is 5.83. The summed E-state index contributed by atoms with van der Waals surface area (Å²) in [7, 11) is 0. The molecule has 3 aromatic heterocycles. The number of pyridine rings is 1. The van der Waals surface area contributed by atoms with Gasteiger partial charge in [0.2, 0.25) is 0 Å². The standard InChI is InChI=1S/C10H8N6O/c11-8-7-10(14-4-13-8)16-9(15-7)5-3-12-2-1-6(5)17/h1-4H,(H,12,17)(H3,11,13,14,15,16). The topological polar surface area (TPSA) is 113 Å². The summed E-state index contributed by atoms with van der Waals surface area (Å²) in [6.07, 6.45) is 4.46. The van der Waals surface area contributed by atoms with Crippen LogP contribution in [0.5, 0.6) is 0 Å². The van der Waals surface area contributed by atoms with E-state index in [-0.39, 0.29) is 5.43 Å². The number of nitrogens with two attached hydrogens (primary N) is 1. The molecule has 0 atom stereocenters. The van der Waals surface area contributed by atoms with Gasteiger partial charge in [0.15, 0.2) is 16.9 Å². The Balaban J connectivity index is 2.30. The Hall–Kier alpha value is -2.70. The smallest absolute Gasteiger partial charge is 0.192 e. The number of H-pyrrole nitrogens is 2. The van der Waals surface area contributed by atoms with Gasteiger partial charge in [0.1, 0.15) is 17.7 Å². The van der Waals surface area contributed by atoms with Crippen molar-refractivity contribution in [2.75, 3.05) is 5.73 Å². The molecule has 0 radical (unpaired) electrons. The van der Waals surface area contributed by atoms with Gasteiger partial charge in [0, 0.05) is 18.5 Å². The van der Waals surface area contributed by atoms with Crippen molar-refractivity contribution < 1.29 is 0 Å². The van der Waals surface area contributed by atoms with E-state index in [1.165, 1.54) is 12.4 Å². The number of fused-ring (bicyclic) bond motifs is 1. The fraction of sp³-hybridized carbons (Fsp3) is 0. The lowest BCUT2D eigenvalue weighted by Crippen LogP contribution is -2.03. The summed E-state index contributed by atoms with van der Waals surface area (Å²) in [4.78, 5) is 29.4. The van der Waals surface area contributed by atoms with Gasteiger partial charge in [-0.05, 0) is 0 Å². The zero-order valence-electron chi connectivity index (χ0n) is 8.64. The molecule has 3 heterocycles. The first kappa shape index (κ1) is 9.52. The van der Waals surface area contributed by atoms with Gasteiger partial charge in [-0.2, -0.15) is 0 Å². The number of nitrogens with zero attached hydrogens (tertiary/aromatic N) is 3. The van der Waals surface area contributed by atoms with Crippen LogP contribution in [-0.4, -0.2) is 24.9 Å². The van der Waals surface area contributed by atoms with E-state index in [0.717, 1.165) is 0 Å². The Bertz CT molecular complexity index is 744. The lowest BCUT2D eigenvalue weighted by Gasteiger charge is -1.93. The number of anilines is 1. The third-order valence-electron chi connectivity index (χ3n) is 2.40. The molecule has 0 saturated carbocycles. The molecule has 0 aliphatic heterocycles. The number of imidazole rings is 1. The number of nitrogen functional groups attached to an aromatic ring is 1. The van der Waals surface area contributed by atoms with Crippen molar-refractivity contribution >= 4 is 17.0 Å². The maximum absolute atomic E-state index is 11.6. The van der Waals surface area contributed by atoms with Gasteiger partial charge >= 0.3 is 0 Å². The van der Waals surface area contributed by atoms with Crippen molar-refractivity contribution in [3.63, 3.8) is 0 Å². The molecule has 84 valence electrons. The summed E-state index contributed by atoms with van der Waals surface area (Å²) in [5.74, 6) is 0.732. The number of nitrogens with one attached hydrogen (secondary N) is 2. The van der Waals surface area contributed by atoms with Crippen LogP contribution in [0, 0.1) is 0 Å². The van der Waals surface area contributed by atoms with Crippen molar-refractivity contribution in [2.45, 2.75) is 0 Å². The first-order chi connectivity index (χ1) is 8.25. The quantitative estimate of drug-likeness (QED) is 0.554. The summed E-state index contributed by atoms with van der Waals surface area (Å²) in [5.41, 5.74) is 6.96. The summed E-state index contributed by atoms with van der Waals surface area (Å²) in [5, 5.41) is 0. The second-order valence-electron chi connectivity index (χ2n) is 3.47. The Kier molecular flexibility index (Phi) is 1.91. The average Bonchev–Trinajstić information content (AvgIpc) is 2.75. The molecule has 3 rings (SSSR count). The van der Waals surface area contributed by atoms with Crippen molar-refractivity contribution in [1.29, 1.82) is 0 Å². The van der Waals surface area contributed by atoms with E-state index in [2.05, 4.69) is 24.9 Å². The zero-order valence-corrected chi connectivity index (χ0v) is 8.64. The van der Waals surface area contributed by atoms with Gasteiger partial charge in [-0.15, -0.1) is 0 Å². The minimum absolute atomic E-state index is 0.130. The van der Waals surface area contributed by atoms with Crippen LogP contribution in [0.3, 0.4) is 0 Å². The first-order valence-corrected chi connectivity index (χ1v) is 4.89. The molecule has 0 aromatic carbocycles. The lowest BCUT2D eigenvalue weighted by molar-refractivity contribution is 1.20. The summed E-state index contributed by atoms with van der Waals surface area (Å²) >= 11 is 0. The largest absolute Gasteiger partial charge is 0.382 e. The summed E-state index contributed by atoms with van der Waals surface area (Å²) in [6, 6.07) is 1.43. The van der Waals surface area contributed by atoms with Crippen molar-refractivity contribution in [1.82, 2.24) is 24.9 Å². The van der Waals surface area contributed by atoms with Gasteiger partial charge in [-0.25, -0.2) is 15.0 Å². The molecule has 7 heteroatoms. The predicted molar refractivity (Wildman–Crippen MR) is 62.2 cm³/mol. The van der Waals surface area contributed by atoms with Crippen molar-refractivity contribution in [3.8, 4) is 11.4 Å². The molecule has 0 fully saturated rings. The van der Waals surface area contributed by atoms with Crippen LogP contribution < -0.4 is 11.2 Å². The minimum Gasteiger partial charge on any atom is -0.382 e. The van der Waals surface area contributed by atoms with Crippen molar-refractivity contribution in [3.05, 3.63) is 35.0 Å². The molecular formula is C10H8N6O. The molecule has 0 amide bonds. The molecule has 3 aromatic rings. The molecular weight excluding hydrogens is 220 g/mol. The van der Waals surface area contributed by atoms with Crippen LogP contribution >= 0.6 is 0 Å². The van der Waals surface area contributed by atoms with E-state index < -0.39 is 0 Å². The highest BCUT2D eigenvalue weighted by atomic mass is 16.1. The Morgan fingerprint density at radius 1 is 1.29 bits per heavy atom. The van der Waals surface area contributed by atoms with Crippen LogP contribution in [0.1, 0.15) is 0 Å². The monoisotopic (exact) mass is 228 g/mol. The van der Waals surface area contributed by atoms with Crippen LogP contribution in [0.2, 0.25) is 0 Å². The maximum atomic E-state index is 11.6. The van der Waals surface area contributed by atoms with E-state index in [4.69, 9.17) is 5.73 Å². The number of hydrogen-bond donors (Lipinski definition) is 3. The average molecular weight is 228 g/mol. The van der Waals surface area contributed by atoms with Crippen LogP contribution in [-0.2, 0) is 0 Å². The van der Waals surface area contributed by atoms with Crippen LogP contribution in [0.25, 0.3) is 22.6 Å². The van der Waals surface area contributed by atoms with Crippen molar-refractivity contribution in [2.24, 2.45) is 0 Å². The van der Waals surface area contributed by atoms with E-state index in [0.29, 0.717) is 28.4 Å². The van der Waals surface area contributed by atoms with E-state index in [1.54, 1.807) is 12.4 Å². The van der Waals surface area contributed by atoms with E-state index in [1.807, 2.05) is 0 Å². The second kappa shape index (κ2) is 3.41. The van der Waals surface area contributed by atoms with E-state index in [9.17, 15) is 4.79 Å². The summed E-state index contributed by atoms with van der Waals surface area (Å²) in [6.45, 7) is 0. The minimum atomic E-state index is -0.130. The number of aromatic nitrogens is 5. The molecule has 17 heavy (non-hydrogen) atoms. The Labute approximate surface area is 94.8 Å². The molecule has 4 N–H and O–H groups in total. The molecule has 0 spiro atoms. The molecule has 0 unspecified atom stereocenters. The first-order valence-electron chi connectivity index (χ1n) is 4.89. The molecule has 0 aliphatic rings. The maximum Gasteiger partial charge on any atom is 0.192 e. The van der Waals surface area contributed by atoms with Crippen LogP contribution in [0.15, 0.2) is 29.6 Å². The van der Waals surface area contributed by atoms with Crippen LogP contribution in [0.4, 0.5) is 5.82 Å². The Morgan fingerprint density at radius 2 is 2.18 bits per heavy atom. The fourth-order valence-corrected chi connectivity index (χ4v) is 1.58. The molecule has 7 nitrogen and oxygen atoms in total. The number of aromatic amines is 2. The van der Waals surface area contributed by atoms with Gasteiger partial charge in [-0.1, -0.05) is 0 Å². The molecule has 0 saturated heterocycles. The molecule has 0 aliphatic carbocycles. The second-order valence-corrected chi connectivity index (χ2v) is 3.47. The SMILES string of the molecule is Nc1ncnc2nc(-c3c[nH]ccc3=O)[nH]c12. The highest BCUT2D eigenvalue weighted by Gasteiger charge is 2.10. The van der Waals surface area contributed by atoms with Gasteiger partial charge in [0.25, 0.3) is 0 Å². The predicted octanol–water partition coefficient (Wildman–Crippen LogP) is 0.290. The lowest BCUT2D eigenvalue weighted by atomic mass is 10.2. The number of rotatable bonds is 1. The number of hydrogen-bond acceptors (Lipinski definition) is 5. The van der Waals surface area contributed by atoms with E-state index >= 15 is 0 Å². The third kappa shape index (κ3) is 1.44. The van der Waals surface area contributed by atoms with Gasteiger partial charge < -0.3 is 15.7 Å². The van der Waals surface area contributed by atoms with Gasteiger partial charge in [0.05, 0.1) is 5.56 Å². The normalized spacial score (nSPS) is 10.8. The zero-order chi connectivity index (χ0) is 11.8. The molecule has 0 bridgehead atoms. The summed E-state index contributed by atoms with van der Waals surface area (Å²) < 4.78 is 0. The third-order valence-corrected chi connectivity index (χ3v) is 2.40. The highest BCUT2D eigenvalue weighted by Crippen LogP contribution is 2.18.